The Hall–Kier alpha value is -2.57. The standard InChI is InChI=1S/C11H11N5O2/c1-12-11-14-7-10(16(17)18)9(15-11)6-8-4-2-3-5-13-8/h2-5,7H,6H2,1H3,(H,12,14,15). The summed E-state index contributed by atoms with van der Waals surface area (Å²) in [6.45, 7) is 0. The molecule has 7 nitrogen and oxygen atoms in total. The molecule has 0 aliphatic rings. The summed E-state index contributed by atoms with van der Waals surface area (Å²) in [5.74, 6) is 0.353. The third-order valence-corrected chi connectivity index (χ3v) is 2.34. The summed E-state index contributed by atoms with van der Waals surface area (Å²) in [6, 6.07) is 5.41. The van der Waals surface area contributed by atoms with Gasteiger partial charge in [0, 0.05) is 25.4 Å². The molecule has 0 aliphatic carbocycles. The van der Waals surface area contributed by atoms with E-state index in [1.54, 1.807) is 25.4 Å². The Kier molecular flexibility index (Phi) is 3.42. The maximum absolute atomic E-state index is 10.9. The Bertz CT molecular complexity index is 559. The normalized spacial score (nSPS) is 10.1. The van der Waals surface area contributed by atoms with Gasteiger partial charge >= 0.3 is 5.69 Å². The molecule has 0 atom stereocenters. The van der Waals surface area contributed by atoms with E-state index in [9.17, 15) is 10.1 Å². The first kappa shape index (κ1) is 11.9. The Morgan fingerprint density at radius 1 is 1.39 bits per heavy atom. The Labute approximate surface area is 103 Å². The monoisotopic (exact) mass is 245 g/mol. The van der Waals surface area contributed by atoms with Crippen molar-refractivity contribution < 1.29 is 4.92 Å². The second kappa shape index (κ2) is 5.17. The van der Waals surface area contributed by atoms with Crippen molar-refractivity contribution in [3.63, 3.8) is 0 Å². The van der Waals surface area contributed by atoms with Crippen molar-refractivity contribution in [1.82, 2.24) is 15.0 Å². The predicted molar refractivity (Wildman–Crippen MR) is 65.3 cm³/mol. The van der Waals surface area contributed by atoms with Crippen LogP contribution in [0.5, 0.6) is 0 Å². The molecule has 0 radical (unpaired) electrons. The summed E-state index contributed by atoms with van der Waals surface area (Å²) >= 11 is 0. The summed E-state index contributed by atoms with van der Waals surface area (Å²) < 4.78 is 0. The van der Waals surface area contributed by atoms with Gasteiger partial charge in [-0.1, -0.05) is 6.07 Å². The summed E-state index contributed by atoms with van der Waals surface area (Å²) in [5, 5.41) is 13.7. The molecule has 2 aromatic heterocycles. The lowest BCUT2D eigenvalue weighted by Crippen LogP contribution is -2.05. The second-order valence-corrected chi connectivity index (χ2v) is 3.53. The Morgan fingerprint density at radius 3 is 2.83 bits per heavy atom. The molecule has 0 unspecified atom stereocenters. The average molecular weight is 245 g/mol. The highest BCUT2D eigenvalue weighted by Gasteiger charge is 2.17. The van der Waals surface area contributed by atoms with Crippen LogP contribution in [0.25, 0.3) is 0 Å². The highest BCUT2D eigenvalue weighted by Crippen LogP contribution is 2.19. The van der Waals surface area contributed by atoms with Crippen LogP contribution in [0.15, 0.2) is 30.6 Å². The third kappa shape index (κ3) is 2.57. The van der Waals surface area contributed by atoms with Crippen LogP contribution in [0.3, 0.4) is 0 Å². The Morgan fingerprint density at radius 2 is 2.22 bits per heavy atom. The van der Waals surface area contributed by atoms with E-state index in [0.717, 1.165) is 5.69 Å². The number of hydrogen-bond acceptors (Lipinski definition) is 6. The quantitative estimate of drug-likeness (QED) is 0.646. The van der Waals surface area contributed by atoms with Gasteiger partial charge in [-0.25, -0.2) is 9.97 Å². The van der Waals surface area contributed by atoms with Crippen molar-refractivity contribution in [2.24, 2.45) is 0 Å². The highest BCUT2D eigenvalue weighted by atomic mass is 16.6. The molecule has 0 spiro atoms. The topological polar surface area (TPSA) is 93.8 Å². The van der Waals surface area contributed by atoms with Crippen LogP contribution in [0, 0.1) is 10.1 Å². The zero-order chi connectivity index (χ0) is 13.0. The number of anilines is 1. The summed E-state index contributed by atoms with van der Waals surface area (Å²) in [7, 11) is 1.66. The maximum atomic E-state index is 10.9. The fourth-order valence-electron chi connectivity index (χ4n) is 1.49. The van der Waals surface area contributed by atoms with Crippen molar-refractivity contribution >= 4 is 11.6 Å². The molecule has 0 bridgehead atoms. The van der Waals surface area contributed by atoms with E-state index in [-0.39, 0.29) is 5.69 Å². The number of nitrogens with zero attached hydrogens (tertiary/aromatic N) is 4. The first-order valence-electron chi connectivity index (χ1n) is 5.28. The van der Waals surface area contributed by atoms with Gasteiger partial charge in [-0.05, 0) is 12.1 Å². The molecule has 92 valence electrons. The largest absolute Gasteiger partial charge is 0.357 e. The highest BCUT2D eigenvalue weighted by molar-refractivity contribution is 5.39. The molecule has 0 amide bonds. The first-order chi connectivity index (χ1) is 8.70. The lowest BCUT2D eigenvalue weighted by atomic mass is 10.2. The van der Waals surface area contributed by atoms with Gasteiger partial charge in [0.15, 0.2) is 0 Å². The zero-order valence-corrected chi connectivity index (χ0v) is 9.70. The second-order valence-electron chi connectivity index (χ2n) is 3.53. The summed E-state index contributed by atoms with van der Waals surface area (Å²) in [4.78, 5) is 22.5. The van der Waals surface area contributed by atoms with Crippen LogP contribution in [0.4, 0.5) is 11.6 Å². The Balaban J connectivity index is 2.38. The van der Waals surface area contributed by atoms with Crippen molar-refractivity contribution in [1.29, 1.82) is 0 Å². The molecule has 0 saturated heterocycles. The van der Waals surface area contributed by atoms with Gasteiger partial charge in [0.2, 0.25) is 5.95 Å². The number of nitrogens with one attached hydrogen (secondary N) is 1. The number of aromatic nitrogens is 3. The van der Waals surface area contributed by atoms with Gasteiger partial charge in [-0.15, -0.1) is 0 Å². The van der Waals surface area contributed by atoms with Crippen LogP contribution in [0.1, 0.15) is 11.4 Å². The number of pyridine rings is 1. The van der Waals surface area contributed by atoms with E-state index in [4.69, 9.17) is 0 Å². The van der Waals surface area contributed by atoms with Crippen LogP contribution in [-0.4, -0.2) is 26.9 Å². The molecule has 0 aliphatic heterocycles. The van der Waals surface area contributed by atoms with Gasteiger partial charge in [-0.3, -0.25) is 15.1 Å². The van der Waals surface area contributed by atoms with Gasteiger partial charge in [0.1, 0.15) is 11.9 Å². The summed E-state index contributed by atoms with van der Waals surface area (Å²) in [6.07, 6.45) is 3.15. The minimum atomic E-state index is -0.488. The third-order valence-electron chi connectivity index (χ3n) is 2.34. The zero-order valence-electron chi connectivity index (χ0n) is 9.70. The lowest BCUT2D eigenvalue weighted by Gasteiger charge is -2.04. The molecule has 2 heterocycles. The fourth-order valence-corrected chi connectivity index (χ4v) is 1.49. The van der Waals surface area contributed by atoms with Crippen molar-refractivity contribution in [3.05, 3.63) is 52.1 Å². The molecule has 0 saturated carbocycles. The average Bonchev–Trinajstić information content (AvgIpc) is 2.39. The molecule has 18 heavy (non-hydrogen) atoms. The van der Waals surface area contributed by atoms with Crippen LogP contribution < -0.4 is 5.32 Å². The van der Waals surface area contributed by atoms with Crippen LogP contribution in [-0.2, 0) is 6.42 Å². The van der Waals surface area contributed by atoms with E-state index in [0.29, 0.717) is 18.1 Å². The van der Waals surface area contributed by atoms with Crippen LogP contribution >= 0.6 is 0 Å². The molecule has 1 N–H and O–H groups in total. The van der Waals surface area contributed by atoms with Gasteiger partial charge < -0.3 is 5.32 Å². The molecule has 2 rings (SSSR count). The van der Waals surface area contributed by atoms with Crippen molar-refractivity contribution in [3.8, 4) is 0 Å². The molecule has 0 aromatic carbocycles. The van der Waals surface area contributed by atoms with E-state index in [2.05, 4.69) is 20.3 Å². The maximum Gasteiger partial charge on any atom is 0.309 e. The fraction of sp³-hybridized carbons (Fsp3) is 0.182. The number of nitro groups is 1. The molecule has 0 fully saturated rings. The lowest BCUT2D eigenvalue weighted by molar-refractivity contribution is -0.386. The number of hydrogen-bond donors (Lipinski definition) is 1. The van der Waals surface area contributed by atoms with E-state index in [1.807, 2.05) is 6.07 Å². The minimum Gasteiger partial charge on any atom is -0.357 e. The van der Waals surface area contributed by atoms with Gasteiger partial charge in [-0.2, -0.15) is 0 Å². The first-order valence-corrected chi connectivity index (χ1v) is 5.28. The summed E-state index contributed by atoms with van der Waals surface area (Å²) in [5.41, 5.74) is 0.971. The van der Waals surface area contributed by atoms with Crippen molar-refractivity contribution in [2.45, 2.75) is 6.42 Å². The van der Waals surface area contributed by atoms with E-state index >= 15 is 0 Å². The molecular weight excluding hydrogens is 234 g/mol. The molecular formula is C11H11N5O2. The smallest absolute Gasteiger partial charge is 0.309 e. The molecule has 2 aromatic rings. The van der Waals surface area contributed by atoms with Gasteiger partial charge in [0.25, 0.3) is 0 Å². The van der Waals surface area contributed by atoms with E-state index in [1.165, 1.54) is 6.20 Å². The predicted octanol–water partition coefficient (Wildman–Crippen LogP) is 1.41. The van der Waals surface area contributed by atoms with Crippen molar-refractivity contribution in [2.75, 3.05) is 12.4 Å². The number of rotatable bonds is 4. The van der Waals surface area contributed by atoms with E-state index < -0.39 is 4.92 Å². The van der Waals surface area contributed by atoms with Crippen LogP contribution in [0.2, 0.25) is 0 Å². The molecule has 7 heteroatoms. The minimum absolute atomic E-state index is 0.0975. The SMILES string of the molecule is CNc1ncc([N+](=O)[O-])c(Cc2ccccn2)n1. The van der Waals surface area contributed by atoms with Gasteiger partial charge in [0.05, 0.1) is 4.92 Å².